The second-order valence-corrected chi connectivity index (χ2v) is 4.59. The summed E-state index contributed by atoms with van der Waals surface area (Å²) in [7, 11) is 1.96. The highest BCUT2D eigenvalue weighted by Crippen LogP contribution is 2.10. The Morgan fingerprint density at radius 1 is 1.50 bits per heavy atom. The van der Waals surface area contributed by atoms with Crippen LogP contribution in [-0.4, -0.2) is 26.3 Å². The maximum atomic E-state index is 4.21. The van der Waals surface area contributed by atoms with Gasteiger partial charge in [-0.05, 0) is 6.92 Å². The molecule has 0 aliphatic carbocycles. The van der Waals surface area contributed by atoms with Crippen molar-refractivity contribution in [2.24, 2.45) is 7.05 Å². The Morgan fingerprint density at radius 3 is 3.00 bits per heavy atom. The molecule has 86 valence electrons. The van der Waals surface area contributed by atoms with Gasteiger partial charge in [-0.2, -0.15) is 0 Å². The van der Waals surface area contributed by atoms with Crippen LogP contribution in [0.3, 0.4) is 0 Å². The van der Waals surface area contributed by atoms with E-state index < -0.39 is 0 Å². The van der Waals surface area contributed by atoms with Crippen molar-refractivity contribution in [3.63, 3.8) is 0 Å². The summed E-state index contributed by atoms with van der Waals surface area (Å²) in [5.41, 5.74) is 3.01. The van der Waals surface area contributed by atoms with Crippen molar-refractivity contribution < 1.29 is 0 Å². The van der Waals surface area contributed by atoms with E-state index in [2.05, 4.69) is 20.5 Å². The molecule has 0 spiro atoms. The SMILES string of the molecule is Cc1ncsc1CNCCc1nncn1C. The van der Waals surface area contributed by atoms with Crippen LogP contribution in [0.15, 0.2) is 11.8 Å². The molecular weight excluding hydrogens is 222 g/mol. The van der Waals surface area contributed by atoms with E-state index in [4.69, 9.17) is 0 Å². The Hall–Kier alpha value is -1.27. The van der Waals surface area contributed by atoms with Crippen LogP contribution in [0, 0.1) is 6.92 Å². The van der Waals surface area contributed by atoms with E-state index in [1.165, 1.54) is 4.88 Å². The van der Waals surface area contributed by atoms with E-state index in [9.17, 15) is 0 Å². The quantitative estimate of drug-likeness (QED) is 0.785. The minimum atomic E-state index is 0.883. The van der Waals surface area contributed by atoms with Gasteiger partial charge in [-0.25, -0.2) is 4.98 Å². The van der Waals surface area contributed by atoms with E-state index >= 15 is 0 Å². The highest BCUT2D eigenvalue weighted by atomic mass is 32.1. The predicted molar refractivity (Wildman–Crippen MR) is 63.3 cm³/mol. The molecule has 0 unspecified atom stereocenters. The molecular formula is C10H15N5S. The van der Waals surface area contributed by atoms with Gasteiger partial charge in [0.25, 0.3) is 0 Å². The van der Waals surface area contributed by atoms with Crippen LogP contribution >= 0.6 is 11.3 Å². The van der Waals surface area contributed by atoms with Crippen LogP contribution in [0.5, 0.6) is 0 Å². The molecule has 1 N–H and O–H groups in total. The molecule has 0 aliphatic rings. The van der Waals surface area contributed by atoms with Crippen molar-refractivity contribution in [1.82, 2.24) is 25.1 Å². The van der Waals surface area contributed by atoms with Gasteiger partial charge in [-0.15, -0.1) is 21.5 Å². The fourth-order valence-electron chi connectivity index (χ4n) is 1.43. The summed E-state index contributed by atoms with van der Waals surface area (Å²) in [5.74, 6) is 1.01. The van der Waals surface area contributed by atoms with Crippen molar-refractivity contribution in [2.45, 2.75) is 19.9 Å². The van der Waals surface area contributed by atoms with Gasteiger partial charge in [0.15, 0.2) is 0 Å². The van der Waals surface area contributed by atoms with Crippen LogP contribution < -0.4 is 5.32 Å². The largest absolute Gasteiger partial charge is 0.321 e. The lowest BCUT2D eigenvalue weighted by Crippen LogP contribution is -2.18. The molecule has 2 aromatic heterocycles. The summed E-state index contributed by atoms with van der Waals surface area (Å²) >= 11 is 1.69. The van der Waals surface area contributed by atoms with Gasteiger partial charge >= 0.3 is 0 Å². The lowest BCUT2D eigenvalue weighted by molar-refractivity contribution is 0.656. The highest BCUT2D eigenvalue weighted by molar-refractivity contribution is 7.09. The molecule has 0 amide bonds. The van der Waals surface area contributed by atoms with Crippen LogP contribution in [-0.2, 0) is 20.0 Å². The standard InChI is InChI=1S/C10H15N5S/c1-8-9(16-7-12-8)5-11-4-3-10-14-13-6-15(10)2/h6-7,11H,3-5H2,1-2H3. The van der Waals surface area contributed by atoms with Crippen LogP contribution in [0.2, 0.25) is 0 Å². The summed E-state index contributed by atoms with van der Waals surface area (Å²) in [4.78, 5) is 5.52. The monoisotopic (exact) mass is 237 g/mol. The zero-order valence-corrected chi connectivity index (χ0v) is 10.3. The van der Waals surface area contributed by atoms with Crippen LogP contribution in [0.4, 0.5) is 0 Å². The van der Waals surface area contributed by atoms with Crippen molar-refractivity contribution >= 4 is 11.3 Å². The molecule has 5 nitrogen and oxygen atoms in total. The molecule has 0 saturated carbocycles. The van der Waals surface area contributed by atoms with Gasteiger partial charge in [0.05, 0.1) is 11.2 Å². The highest BCUT2D eigenvalue weighted by Gasteiger charge is 2.02. The first kappa shape index (κ1) is 11.2. The molecule has 0 radical (unpaired) electrons. The fraction of sp³-hybridized carbons (Fsp3) is 0.500. The van der Waals surface area contributed by atoms with Gasteiger partial charge in [0, 0.05) is 31.4 Å². The lowest BCUT2D eigenvalue weighted by atomic mass is 10.3. The third-order valence-corrected chi connectivity index (χ3v) is 3.40. The Kier molecular flexibility index (Phi) is 3.63. The molecule has 2 heterocycles. The van der Waals surface area contributed by atoms with Gasteiger partial charge < -0.3 is 9.88 Å². The molecule has 2 aromatic rings. The van der Waals surface area contributed by atoms with Gasteiger partial charge in [0.1, 0.15) is 12.2 Å². The van der Waals surface area contributed by atoms with E-state index in [-0.39, 0.29) is 0 Å². The number of nitrogens with one attached hydrogen (secondary N) is 1. The maximum absolute atomic E-state index is 4.21. The van der Waals surface area contributed by atoms with Crippen molar-refractivity contribution in [2.75, 3.05) is 6.54 Å². The van der Waals surface area contributed by atoms with Gasteiger partial charge in [0.2, 0.25) is 0 Å². The van der Waals surface area contributed by atoms with E-state index in [1.54, 1.807) is 17.7 Å². The minimum Gasteiger partial charge on any atom is -0.321 e. The molecule has 0 aromatic carbocycles. The molecule has 2 rings (SSSR count). The zero-order chi connectivity index (χ0) is 11.4. The Balaban J connectivity index is 1.74. The van der Waals surface area contributed by atoms with Gasteiger partial charge in [-0.1, -0.05) is 0 Å². The van der Waals surface area contributed by atoms with E-state index in [0.29, 0.717) is 0 Å². The molecule has 0 bridgehead atoms. The summed E-state index contributed by atoms with van der Waals surface area (Å²) in [5, 5.41) is 11.3. The van der Waals surface area contributed by atoms with Crippen LogP contribution in [0.1, 0.15) is 16.4 Å². The second-order valence-electron chi connectivity index (χ2n) is 3.65. The molecule has 0 fully saturated rings. The minimum absolute atomic E-state index is 0.883. The van der Waals surface area contributed by atoms with E-state index in [1.807, 2.05) is 24.0 Å². The summed E-state index contributed by atoms with van der Waals surface area (Å²) in [6.45, 7) is 3.83. The third-order valence-electron chi connectivity index (χ3n) is 2.46. The fourth-order valence-corrected chi connectivity index (χ4v) is 2.18. The van der Waals surface area contributed by atoms with Crippen molar-refractivity contribution in [3.8, 4) is 0 Å². The zero-order valence-electron chi connectivity index (χ0n) is 9.47. The molecule has 6 heteroatoms. The van der Waals surface area contributed by atoms with Gasteiger partial charge in [-0.3, -0.25) is 0 Å². The lowest BCUT2D eigenvalue weighted by Gasteiger charge is -2.03. The molecule has 0 aliphatic heterocycles. The Bertz CT molecular complexity index is 405. The number of thiazole rings is 1. The number of aromatic nitrogens is 4. The number of nitrogens with zero attached hydrogens (tertiary/aromatic N) is 4. The average Bonchev–Trinajstić information content (AvgIpc) is 2.84. The third kappa shape index (κ3) is 2.65. The maximum Gasteiger partial charge on any atom is 0.133 e. The van der Waals surface area contributed by atoms with Crippen LogP contribution in [0.25, 0.3) is 0 Å². The van der Waals surface area contributed by atoms with E-state index in [0.717, 1.165) is 31.0 Å². The first-order chi connectivity index (χ1) is 7.77. The normalized spacial score (nSPS) is 10.9. The molecule has 16 heavy (non-hydrogen) atoms. The molecule has 0 atom stereocenters. The first-order valence-electron chi connectivity index (χ1n) is 5.20. The average molecular weight is 237 g/mol. The first-order valence-corrected chi connectivity index (χ1v) is 6.08. The van der Waals surface area contributed by atoms with Crippen molar-refractivity contribution in [3.05, 3.63) is 28.2 Å². The van der Waals surface area contributed by atoms with Crippen molar-refractivity contribution in [1.29, 1.82) is 0 Å². The summed E-state index contributed by atoms with van der Waals surface area (Å²) in [6, 6.07) is 0. The summed E-state index contributed by atoms with van der Waals surface area (Å²) < 4.78 is 1.94. The Morgan fingerprint density at radius 2 is 2.38 bits per heavy atom. The number of aryl methyl sites for hydroxylation is 2. The summed E-state index contributed by atoms with van der Waals surface area (Å²) in [6.07, 6.45) is 2.62. The predicted octanol–water partition coefficient (Wildman–Crippen LogP) is 0.912. The number of hydrogen-bond acceptors (Lipinski definition) is 5. The second kappa shape index (κ2) is 5.18. The topological polar surface area (TPSA) is 55.6 Å². The Labute approximate surface area is 98.5 Å². The molecule has 0 saturated heterocycles. The smallest absolute Gasteiger partial charge is 0.133 e. The number of rotatable bonds is 5. The number of hydrogen-bond donors (Lipinski definition) is 1.